The first-order valence-corrected chi connectivity index (χ1v) is 10.7. The van der Waals surface area contributed by atoms with Crippen LogP contribution in [0.3, 0.4) is 0 Å². The molecule has 2 aromatic rings. The summed E-state index contributed by atoms with van der Waals surface area (Å²) in [5, 5.41) is 3.45. The van der Waals surface area contributed by atoms with Gasteiger partial charge in [-0.1, -0.05) is 6.42 Å². The summed E-state index contributed by atoms with van der Waals surface area (Å²) in [6.07, 6.45) is 7.54. The normalized spacial score (nSPS) is 21.8. The minimum absolute atomic E-state index is 0.0444. The van der Waals surface area contributed by atoms with Gasteiger partial charge in [-0.15, -0.1) is 0 Å². The maximum absolute atomic E-state index is 12.9. The quantitative estimate of drug-likeness (QED) is 0.776. The van der Waals surface area contributed by atoms with Gasteiger partial charge >= 0.3 is 0 Å². The van der Waals surface area contributed by atoms with Crippen LogP contribution >= 0.6 is 0 Å². The first kappa shape index (κ1) is 20.7. The SMILES string of the molecule is COc1cc2ncn(CC(=O)NC[C@H]3CCCN4CCCC[C@@H]34)c(=O)c2cc1OC. The number of carbonyl (C=O) groups excluding carboxylic acids is 1. The molecule has 1 N–H and O–H groups in total. The fourth-order valence-electron chi connectivity index (χ4n) is 4.87. The number of nitrogens with zero attached hydrogens (tertiary/aromatic N) is 3. The van der Waals surface area contributed by atoms with Gasteiger partial charge in [-0.25, -0.2) is 4.98 Å². The zero-order valence-electron chi connectivity index (χ0n) is 17.7. The lowest BCUT2D eigenvalue weighted by Gasteiger charge is -2.44. The number of nitrogens with one attached hydrogen (secondary N) is 1. The Morgan fingerprint density at radius 2 is 1.90 bits per heavy atom. The smallest absolute Gasteiger partial charge is 0.261 e. The highest BCUT2D eigenvalue weighted by atomic mass is 16.5. The first-order valence-electron chi connectivity index (χ1n) is 10.7. The Morgan fingerprint density at radius 3 is 2.70 bits per heavy atom. The topological polar surface area (TPSA) is 85.7 Å². The maximum atomic E-state index is 12.9. The molecule has 0 unspecified atom stereocenters. The molecule has 0 aliphatic carbocycles. The molecule has 2 aliphatic heterocycles. The number of rotatable bonds is 6. The molecule has 30 heavy (non-hydrogen) atoms. The van der Waals surface area contributed by atoms with Crippen molar-refractivity contribution in [3.63, 3.8) is 0 Å². The van der Waals surface area contributed by atoms with Gasteiger partial charge in [0, 0.05) is 18.7 Å². The monoisotopic (exact) mass is 414 g/mol. The van der Waals surface area contributed by atoms with E-state index in [1.165, 1.54) is 63.9 Å². The summed E-state index contributed by atoms with van der Waals surface area (Å²) < 4.78 is 11.9. The van der Waals surface area contributed by atoms with E-state index in [0.717, 1.165) is 6.42 Å². The Kier molecular flexibility index (Phi) is 6.22. The Bertz CT molecular complexity index is 971. The molecule has 2 atom stereocenters. The van der Waals surface area contributed by atoms with Gasteiger partial charge in [0.05, 0.1) is 31.4 Å². The molecule has 0 radical (unpaired) electrons. The third-order valence-corrected chi connectivity index (χ3v) is 6.43. The lowest BCUT2D eigenvalue weighted by atomic mass is 9.83. The van der Waals surface area contributed by atoms with Crippen LogP contribution in [0.4, 0.5) is 0 Å². The molecule has 4 rings (SSSR count). The van der Waals surface area contributed by atoms with E-state index in [0.29, 0.717) is 40.9 Å². The average molecular weight is 415 g/mol. The number of carbonyl (C=O) groups is 1. The number of benzene rings is 1. The third kappa shape index (κ3) is 4.14. The molecule has 8 nitrogen and oxygen atoms in total. The number of hydrogen-bond acceptors (Lipinski definition) is 6. The molecule has 2 fully saturated rings. The summed E-state index contributed by atoms with van der Waals surface area (Å²) >= 11 is 0. The number of aromatic nitrogens is 2. The number of fused-ring (bicyclic) bond motifs is 2. The number of amides is 1. The molecule has 8 heteroatoms. The van der Waals surface area contributed by atoms with Crippen molar-refractivity contribution in [1.82, 2.24) is 19.8 Å². The van der Waals surface area contributed by atoms with E-state index < -0.39 is 0 Å². The fraction of sp³-hybridized carbons (Fsp3) is 0.591. The molecule has 0 bridgehead atoms. The van der Waals surface area contributed by atoms with Gasteiger partial charge in [-0.3, -0.25) is 14.2 Å². The highest BCUT2D eigenvalue weighted by Crippen LogP contribution is 2.31. The van der Waals surface area contributed by atoms with Crippen molar-refractivity contribution in [3.05, 3.63) is 28.8 Å². The summed E-state index contributed by atoms with van der Waals surface area (Å²) in [5.74, 6) is 1.30. The Balaban J connectivity index is 1.44. The molecule has 3 heterocycles. The lowest BCUT2D eigenvalue weighted by molar-refractivity contribution is -0.122. The van der Waals surface area contributed by atoms with Crippen molar-refractivity contribution in [2.75, 3.05) is 33.9 Å². The van der Waals surface area contributed by atoms with Gasteiger partial charge < -0.3 is 19.7 Å². The number of piperidine rings is 2. The highest BCUT2D eigenvalue weighted by Gasteiger charge is 2.32. The fourth-order valence-corrected chi connectivity index (χ4v) is 4.87. The summed E-state index contributed by atoms with van der Waals surface area (Å²) in [6.45, 7) is 2.99. The summed E-state index contributed by atoms with van der Waals surface area (Å²) in [4.78, 5) is 32.3. The van der Waals surface area contributed by atoms with E-state index in [9.17, 15) is 9.59 Å². The molecule has 0 spiro atoms. The van der Waals surface area contributed by atoms with Crippen LogP contribution in [-0.2, 0) is 11.3 Å². The van der Waals surface area contributed by atoms with E-state index in [1.807, 2.05) is 0 Å². The molecule has 2 aliphatic rings. The second-order valence-corrected chi connectivity index (χ2v) is 8.21. The van der Waals surface area contributed by atoms with E-state index in [-0.39, 0.29) is 18.0 Å². The average Bonchev–Trinajstić information content (AvgIpc) is 2.78. The zero-order chi connectivity index (χ0) is 21.1. The van der Waals surface area contributed by atoms with Crippen LogP contribution in [0.5, 0.6) is 11.5 Å². The Morgan fingerprint density at radius 1 is 1.13 bits per heavy atom. The minimum Gasteiger partial charge on any atom is -0.493 e. The standard InChI is InChI=1S/C22H30N4O4/c1-29-19-10-16-17(11-20(19)30-2)24-14-26(22(16)28)13-21(27)23-12-15-6-5-9-25-8-4-3-7-18(15)25/h10-11,14-15,18H,3-9,12-13H2,1-2H3,(H,23,27)/t15-,18+/m1/s1. The lowest BCUT2D eigenvalue weighted by Crippen LogP contribution is -2.51. The molecular formula is C22H30N4O4. The van der Waals surface area contributed by atoms with Crippen molar-refractivity contribution < 1.29 is 14.3 Å². The second-order valence-electron chi connectivity index (χ2n) is 8.21. The first-order chi connectivity index (χ1) is 14.6. The van der Waals surface area contributed by atoms with Crippen LogP contribution in [-0.4, -0.2) is 60.3 Å². The van der Waals surface area contributed by atoms with Crippen molar-refractivity contribution in [1.29, 1.82) is 0 Å². The van der Waals surface area contributed by atoms with Crippen LogP contribution in [0, 0.1) is 5.92 Å². The predicted molar refractivity (Wildman–Crippen MR) is 114 cm³/mol. The van der Waals surface area contributed by atoms with Crippen molar-refractivity contribution in [2.24, 2.45) is 5.92 Å². The van der Waals surface area contributed by atoms with Crippen LogP contribution in [0.2, 0.25) is 0 Å². The largest absolute Gasteiger partial charge is 0.493 e. The van der Waals surface area contributed by atoms with E-state index in [1.54, 1.807) is 12.1 Å². The minimum atomic E-state index is -0.271. The van der Waals surface area contributed by atoms with Gasteiger partial charge in [0.25, 0.3) is 5.56 Å². The molecule has 1 aromatic heterocycles. The van der Waals surface area contributed by atoms with E-state index in [4.69, 9.17) is 9.47 Å². The van der Waals surface area contributed by atoms with Crippen LogP contribution in [0.25, 0.3) is 10.9 Å². The third-order valence-electron chi connectivity index (χ3n) is 6.43. The van der Waals surface area contributed by atoms with Gasteiger partial charge in [-0.05, 0) is 50.8 Å². The maximum Gasteiger partial charge on any atom is 0.261 e. The van der Waals surface area contributed by atoms with Gasteiger partial charge in [0.2, 0.25) is 5.91 Å². The summed E-state index contributed by atoms with van der Waals surface area (Å²) in [5.41, 5.74) is 0.237. The molecule has 0 saturated carbocycles. The Hall–Kier alpha value is -2.61. The van der Waals surface area contributed by atoms with Gasteiger partial charge in [0.15, 0.2) is 11.5 Å². The van der Waals surface area contributed by atoms with Crippen LogP contribution in [0.15, 0.2) is 23.3 Å². The Labute approximate surface area is 176 Å². The number of hydrogen-bond donors (Lipinski definition) is 1. The van der Waals surface area contributed by atoms with E-state index in [2.05, 4.69) is 15.2 Å². The van der Waals surface area contributed by atoms with Gasteiger partial charge in [-0.2, -0.15) is 0 Å². The van der Waals surface area contributed by atoms with Crippen molar-refractivity contribution >= 4 is 16.8 Å². The molecular weight excluding hydrogens is 384 g/mol. The molecule has 2 saturated heterocycles. The number of ether oxygens (including phenoxy) is 2. The summed E-state index contributed by atoms with van der Waals surface area (Å²) in [7, 11) is 3.05. The molecule has 1 amide bonds. The number of methoxy groups -OCH3 is 2. The zero-order valence-corrected chi connectivity index (χ0v) is 17.7. The van der Waals surface area contributed by atoms with E-state index >= 15 is 0 Å². The summed E-state index contributed by atoms with van der Waals surface area (Å²) in [6, 6.07) is 3.86. The van der Waals surface area contributed by atoms with Crippen molar-refractivity contribution in [2.45, 2.75) is 44.7 Å². The van der Waals surface area contributed by atoms with Gasteiger partial charge in [0.1, 0.15) is 6.54 Å². The molecule has 162 valence electrons. The van der Waals surface area contributed by atoms with Crippen LogP contribution < -0.4 is 20.3 Å². The van der Waals surface area contributed by atoms with Crippen LogP contribution in [0.1, 0.15) is 32.1 Å². The van der Waals surface area contributed by atoms with Crippen molar-refractivity contribution in [3.8, 4) is 11.5 Å². The molecule has 1 aromatic carbocycles. The second kappa shape index (κ2) is 9.04. The predicted octanol–water partition coefficient (Wildman–Crippen LogP) is 1.79. The highest BCUT2D eigenvalue weighted by molar-refractivity contribution is 5.82.